The highest BCUT2D eigenvalue weighted by atomic mass is 16.6. The number of unbranched alkanes of at least 4 members (excludes halogenated alkanes) is 28. The largest absolute Gasteiger partial charge is 0.465 e. The van der Waals surface area contributed by atoms with Crippen molar-refractivity contribution in [3.63, 3.8) is 0 Å². The lowest BCUT2D eigenvalue weighted by Crippen LogP contribution is -2.47. The summed E-state index contributed by atoms with van der Waals surface area (Å²) in [5.74, 6) is -0.675. The van der Waals surface area contributed by atoms with Crippen LogP contribution in [-0.4, -0.2) is 25.2 Å². The smallest absolute Gasteiger partial charge is 0.323 e. The van der Waals surface area contributed by atoms with Gasteiger partial charge in [-0.15, -0.1) is 0 Å². The van der Waals surface area contributed by atoms with Crippen molar-refractivity contribution in [3.05, 3.63) is 0 Å². The number of hydrogen-bond acceptors (Lipinski definition) is 4. The third-order valence-electron chi connectivity index (χ3n) is 9.95. The van der Waals surface area contributed by atoms with E-state index in [1.807, 2.05) is 0 Å². The standard InChI is InChI=1S/C40H76O4/c1-3-5-7-9-11-13-15-17-19-21-23-25-27-29-31-36-43-38(41)40(34-33-35-40)39(42)44-37-32-30-28-26-24-22-20-18-16-14-12-10-8-6-4-2/h3-37H2,1-2H3. The van der Waals surface area contributed by atoms with E-state index < -0.39 is 5.41 Å². The van der Waals surface area contributed by atoms with Gasteiger partial charge in [0.15, 0.2) is 5.41 Å². The summed E-state index contributed by atoms with van der Waals surface area (Å²) in [5, 5.41) is 0. The fourth-order valence-electron chi connectivity index (χ4n) is 6.57. The Kier molecular flexibility index (Phi) is 28.5. The summed E-state index contributed by atoms with van der Waals surface area (Å²) in [6.07, 6.45) is 41.6. The SMILES string of the molecule is CCCCCCCCCCCCCCCCCOC(=O)C1(C(=O)OCCCCCCCCCCCCCCCCC)CCC1. The number of rotatable bonds is 34. The molecule has 0 amide bonds. The second kappa shape index (κ2) is 30.6. The summed E-state index contributed by atoms with van der Waals surface area (Å²) in [6, 6.07) is 0. The van der Waals surface area contributed by atoms with Gasteiger partial charge in [-0.1, -0.05) is 194 Å². The zero-order chi connectivity index (χ0) is 31.8. The van der Waals surface area contributed by atoms with Crippen LogP contribution >= 0.6 is 0 Å². The Morgan fingerprint density at radius 3 is 0.818 bits per heavy atom. The van der Waals surface area contributed by atoms with E-state index in [1.54, 1.807) is 0 Å². The van der Waals surface area contributed by atoms with Gasteiger partial charge in [-0.2, -0.15) is 0 Å². The van der Waals surface area contributed by atoms with E-state index in [2.05, 4.69) is 13.8 Å². The van der Waals surface area contributed by atoms with Gasteiger partial charge in [-0.25, -0.2) is 0 Å². The van der Waals surface area contributed by atoms with Crippen LogP contribution in [0.2, 0.25) is 0 Å². The maximum absolute atomic E-state index is 12.8. The minimum Gasteiger partial charge on any atom is -0.465 e. The molecule has 0 spiro atoms. The van der Waals surface area contributed by atoms with Gasteiger partial charge < -0.3 is 9.47 Å². The Labute approximate surface area is 275 Å². The first kappa shape index (κ1) is 41.0. The summed E-state index contributed by atoms with van der Waals surface area (Å²) in [7, 11) is 0. The molecule has 0 heterocycles. The Morgan fingerprint density at radius 2 is 0.614 bits per heavy atom. The van der Waals surface area contributed by atoms with Gasteiger partial charge in [0, 0.05) is 0 Å². The van der Waals surface area contributed by atoms with Crippen LogP contribution in [0.3, 0.4) is 0 Å². The average molecular weight is 621 g/mol. The topological polar surface area (TPSA) is 52.6 Å². The van der Waals surface area contributed by atoms with Crippen LogP contribution in [0.15, 0.2) is 0 Å². The molecule has 0 aromatic heterocycles. The highest BCUT2D eigenvalue weighted by molar-refractivity contribution is 6.01. The number of carbonyl (C=O) groups is 2. The molecule has 0 N–H and O–H groups in total. The van der Waals surface area contributed by atoms with Crippen LogP contribution in [-0.2, 0) is 19.1 Å². The van der Waals surface area contributed by atoms with Crippen LogP contribution < -0.4 is 0 Å². The summed E-state index contributed by atoms with van der Waals surface area (Å²) >= 11 is 0. The number of esters is 2. The fourth-order valence-corrected chi connectivity index (χ4v) is 6.57. The molecule has 0 aliphatic heterocycles. The third kappa shape index (κ3) is 21.6. The van der Waals surface area contributed by atoms with E-state index in [4.69, 9.17) is 9.47 Å². The molecule has 0 radical (unpaired) electrons. The summed E-state index contributed by atoms with van der Waals surface area (Å²) < 4.78 is 11.2. The van der Waals surface area contributed by atoms with Crippen LogP contribution in [0.25, 0.3) is 0 Å². The highest BCUT2D eigenvalue weighted by Gasteiger charge is 2.53. The van der Waals surface area contributed by atoms with Gasteiger partial charge in [0.2, 0.25) is 0 Å². The lowest BCUT2D eigenvalue weighted by Gasteiger charge is -2.36. The monoisotopic (exact) mass is 621 g/mol. The third-order valence-corrected chi connectivity index (χ3v) is 9.95. The van der Waals surface area contributed by atoms with Gasteiger partial charge in [0.1, 0.15) is 0 Å². The zero-order valence-corrected chi connectivity index (χ0v) is 29.9. The number of hydrogen-bond donors (Lipinski definition) is 0. The lowest BCUT2D eigenvalue weighted by atomic mass is 9.69. The van der Waals surface area contributed by atoms with E-state index in [-0.39, 0.29) is 11.9 Å². The molecule has 1 aliphatic carbocycles. The van der Waals surface area contributed by atoms with Gasteiger partial charge in [0.05, 0.1) is 13.2 Å². The number of ether oxygens (including phenoxy) is 2. The maximum atomic E-state index is 12.8. The molecule has 0 atom stereocenters. The van der Waals surface area contributed by atoms with Crippen LogP contribution in [0.1, 0.15) is 226 Å². The van der Waals surface area contributed by atoms with Gasteiger partial charge in [-0.05, 0) is 32.1 Å². The predicted octanol–water partition coefficient (Wildman–Crippen LogP) is 13.0. The van der Waals surface area contributed by atoms with Gasteiger partial charge in [-0.3, -0.25) is 9.59 Å². The Hall–Kier alpha value is -1.06. The molecule has 0 aromatic carbocycles. The summed E-state index contributed by atoms with van der Waals surface area (Å²) in [4.78, 5) is 25.6. The summed E-state index contributed by atoms with van der Waals surface area (Å²) in [5.41, 5.74) is -1.01. The average Bonchev–Trinajstić information content (AvgIpc) is 3.00. The summed E-state index contributed by atoms with van der Waals surface area (Å²) in [6.45, 7) is 5.43. The lowest BCUT2D eigenvalue weighted by molar-refractivity contribution is -0.179. The molecule has 4 nitrogen and oxygen atoms in total. The van der Waals surface area contributed by atoms with E-state index in [0.717, 1.165) is 32.1 Å². The molecule has 44 heavy (non-hydrogen) atoms. The minimum absolute atomic E-state index is 0.337. The molecule has 1 aliphatic rings. The van der Waals surface area contributed by atoms with Crippen molar-refractivity contribution in [2.24, 2.45) is 5.41 Å². The highest BCUT2D eigenvalue weighted by Crippen LogP contribution is 2.43. The van der Waals surface area contributed by atoms with E-state index in [0.29, 0.717) is 26.1 Å². The fraction of sp³-hybridized carbons (Fsp3) is 0.950. The molecule has 0 saturated heterocycles. The molecular weight excluding hydrogens is 544 g/mol. The molecule has 0 bridgehead atoms. The molecule has 0 aromatic rings. The van der Waals surface area contributed by atoms with Crippen molar-refractivity contribution >= 4 is 11.9 Å². The Morgan fingerprint density at radius 1 is 0.386 bits per heavy atom. The molecule has 1 rings (SSSR count). The minimum atomic E-state index is -1.01. The first-order valence-corrected chi connectivity index (χ1v) is 20.0. The van der Waals surface area contributed by atoms with Crippen LogP contribution in [0.5, 0.6) is 0 Å². The maximum Gasteiger partial charge on any atom is 0.323 e. The molecule has 0 unspecified atom stereocenters. The molecule has 4 heteroatoms. The van der Waals surface area contributed by atoms with Crippen molar-refractivity contribution in [2.45, 2.75) is 226 Å². The first-order chi connectivity index (χ1) is 21.7. The van der Waals surface area contributed by atoms with E-state index in [9.17, 15) is 9.59 Å². The molecule has 260 valence electrons. The number of carbonyl (C=O) groups excluding carboxylic acids is 2. The second-order valence-corrected chi connectivity index (χ2v) is 14.1. The van der Waals surface area contributed by atoms with Crippen molar-refractivity contribution in [1.82, 2.24) is 0 Å². The Bertz CT molecular complexity index is 591. The normalized spacial score (nSPS) is 14.0. The Balaban J connectivity index is 1.91. The molecular formula is C40H76O4. The first-order valence-electron chi connectivity index (χ1n) is 20.0. The quantitative estimate of drug-likeness (QED) is 0.0408. The van der Waals surface area contributed by atoms with Gasteiger partial charge in [0.25, 0.3) is 0 Å². The van der Waals surface area contributed by atoms with Gasteiger partial charge >= 0.3 is 11.9 Å². The van der Waals surface area contributed by atoms with Crippen LogP contribution in [0.4, 0.5) is 0 Å². The van der Waals surface area contributed by atoms with Crippen molar-refractivity contribution < 1.29 is 19.1 Å². The van der Waals surface area contributed by atoms with E-state index in [1.165, 1.54) is 167 Å². The van der Waals surface area contributed by atoms with Crippen LogP contribution in [0, 0.1) is 5.41 Å². The predicted molar refractivity (Wildman–Crippen MR) is 188 cm³/mol. The van der Waals surface area contributed by atoms with E-state index >= 15 is 0 Å². The van der Waals surface area contributed by atoms with Crippen molar-refractivity contribution in [3.8, 4) is 0 Å². The van der Waals surface area contributed by atoms with Crippen molar-refractivity contribution in [2.75, 3.05) is 13.2 Å². The molecule has 1 saturated carbocycles. The van der Waals surface area contributed by atoms with Crippen molar-refractivity contribution in [1.29, 1.82) is 0 Å². The zero-order valence-electron chi connectivity index (χ0n) is 29.9. The second-order valence-electron chi connectivity index (χ2n) is 14.1. The molecule has 1 fully saturated rings.